The summed E-state index contributed by atoms with van der Waals surface area (Å²) in [5.41, 5.74) is 3.97. The molecule has 0 spiro atoms. The van der Waals surface area contributed by atoms with E-state index in [2.05, 4.69) is 12.1 Å². The fraction of sp³-hybridized carbons (Fsp3) is 0.364. The first-order valence-corrected chi connectivity index (χ1v) is 4.56. The maximum atomic E-state index is 9.99. The Balaban J connectivity index is 2.16. The molecule has 0 amide bonds. The summed E-state index contributed by atoms with van der Waals surface area (Å²) in [4.78, 5) is 9.99. The molecule has 0 bridgehead atoms. The van der Waals surface area contributed by atoms with Crippen molar-refractivity contribution in [1.82, 2.24) is 0 Å². The highest BCUT2D eigenvalue weighted by molar-refractivity contribution is 5.39. The van der Waals surface area contributed by atoms with E-state index in [4.69, 9.17) is 4.74 Å². The van der Waals surface area contributed by atoms with Crippen molar-refractivity contribution in [2.75, 3.05) is 0 Å². The van der Waals surface area contributed by atoms with Gasteiger partial charge in [0.2, 0.25) is 0 Å². The first-order chi connectivity index (χ1) is 6.40. The molecule has 0 atom stereocenters. The summed E-state index contributed by atoms with van der Waals surface area (Å²) < 4.78 is 4.70. The van der Waals surface area contributed by atoms with Crippen LogP contribution in [0.4, 0.5) is 0 Å². The predicted octanol–water partition coefficient (Wildman–Crippen LogP) is 1.85. The van der Waals surface area contributed by atoms with Gasteiger partial charge in [-0.3, -0.25) is 4.79 Å². The second-order valence-corrected chi connectivity index (χ2v) is 3.36. The first kappa shape index (κ1) is 8.30. The lowest BCUT2D eigenvalue weighted by Crippen LogP contribution is -1.92. The van der Waals surface area contributed by atoms with Gasteiger partial charge < -0.3 is 4.74 Å². The highest BCUT2D eigenvalue weighted by Gasteiger charge is 2.10. The average Bonchev–Trinajstić information content (AvgIpc) is 2.61. The zero-order valence-electron chi connectivity index (χ0n) is 7.45. The van der Waals surface area contributed by atoms with Crippen LogP contribution >= 0.6 is 0 Å². The van der Waals surface area contributed by atoms with E-state index in [0.29, 0.717) is 13.1 Å². The molecule has 0 aliphatic heterocycles. The van der Waals surface area contributed by atoms with E-state index in [1.807, 2.05) is 6.07 Å². The number of ether oxygens (including phenoxy) is 1. The molecule has 1 aliphatic carbocycles. The SMILES string of the molecule is O=COCc1ccc2c(c1)CCC2. The molecule has 2 nitrogen and oxygen atoms in total. The second kappa shape index (κ2) is 3.60. The molecule has 1 aromatic rings. The van der Waals surface area contributed by atoms with Crippen molar-refractivity contribution < 1.29 is 9.53 Å². The highest BCUT2D eigenvalue weighted by atomic mass is 16.5. The topological polar surface area (TPSA) is 26.3 Å². The van der Waals surface area contributed by atoms with Gasteiger partial charge in [-0.1, -0.05) is 18.2 Å². The summed E-state index contributed by atoms with van der Waals surface area (Å²) >= 11 is 0. The number of benzene rings is 1. The number of aryl methyl sites for hydroxylation is 2. The van der Waals surface area contributed by atoms with Crippen LogP contribution in [0.2, 0.25) is 0 Å². The largest absolute Gasteiger partial charge is 0.463 e. The van der Waals surface area contributed by atoms with Gasteiger partial charge in [-0.05, 0) is 36.0 Å². The van der Waals surface area contributed by atoms with Crippen molar-refractivity contribution in [1.29, 1.82) is 0 Å². The Labute approximate surface area is 77.5 Å². The molecule has 0 radical (unpaired) electrons. The molecule has 2 heteroatoms. The summed E-state index contributed by atoms with van der Waals surface area (Å²) in [5, 5.41) is 0. The number of hydrogen-bond acceptors (Lipinski definition) is 2. The van der Waals surface area contributed by atoms with E-state index in [-0.39, 0.29) is 0 Å². The maximum absolute atomic E-state index is 9.99. The quantitative estimate of drug-likeness (QED) is 0.657. The molecule has 0 heterocycles. The molecule has 0 unspecified atom stereocenters. The lowest BCUT2D eigenvalue weighted by Gasteiger charge is -2.03. The standard InChI is InChI=1S/C11H12O2/c12-8-13-7-9-4-5-10-2-1-3-11(10)6-9/h4-6,8H,1-3,7H2. The Morgan fingerprint density at radius 1 is 1.31 bits per heavy atom. The van der Waals surface area contributed by atoms with Crippen LogP contribution in [-0.4, -0.2) is 6.47 Å². The lowest BCUT2D eigenvalue weighted by molar-refractivity contribution is -0.129. The first-order valence-electron chi connectivity index (χ1n) is 4.56. The molecule has 0 aromatic heterocycles. The molecule has 1 aromatic carbocycles. The summed E-state index contributed by atoms with van der Waals surface area (Å²) in [6, 6.07) is 6.32. The molecular formula is C11H12O2. The Morgan fingerprint density at radius 2 is 2.15 bits per heavy atom. The molecule has 0 saturated carbocycles. The van der Waals surface area contributed by atoms with Crippen molar-refractivity contribution in [3.05, 3.63) is 34.9 Å². The normalized spacial score (nSPS) is 13.8. The summed E-state index contributed by atoms with van der Waals surface area (Å²) in [5.74, 6) is 0. The number of hydrogen-bond donors (Lipinski definition) is 0. The van der Waals surface area contributed by atoms with Gasteiger partial charge in [0.15, 0.2) is 0 Å². The predicted molar refractivity (Wildman–Crippen MR) is 49.3 cm³/mol. The van der Waals surface area contributed by atoms with Crippen LogP contribution in [0.5, 0.6) is 0 Å². The van der Waals surface area contributed by atoms with E-state index in [0.717, 1.165) is 5.56 Å². The van der Waals surface area contributed by atoms with Crippen molar-refractivity contribution in [2.24, 2.45) is 0 Å². The number of carbonyl (C=O) groups is 1. The van der Waals surface area contributed by atoms with Gasteiger partial charge in [0.25, 0.3) is 6.47 Å². The van der Waals surface area contributed by atoms with Crippen LogP contribution in [0.15, 0.2) is 18.2 Å². The molecular weight excluding hydrogens is 164 g/mol. The Hall–Kier alpha value is -1.31. The van der Waals surface area contributed by atoms with Crippen molar-refractivity contribution in [3.63, 3.8) is 0 Å². The fourth-order valence-corrected chi connectivity index (χ4v) is 1.85. The van der Waals surface area contributed by atoms with Crippen molar-refractivity contribution in [2.45, 2.75) is 25.9 Å². The minimum Gasteiger partial charge on any atom is -0.463 e. The number of rotatable bonds is 3. The number of carbonyl (C=O) groups excluding carboxylic acids is 1. The van der Waals surface area contributed by atoms with Crippen LogP contribution < -0.4 is 0 Å². The van der Waals surface area contributed by atoms with E-state index in [9.17, 15) is 4.79 Å². The van der Waals surface area contributed by atoms with Gasteiger partial charge in [0.05, 0.1) is 0 Å². The second-order valence-electron chi connectivity index (χ2n) is 3.36. The Bertz CT molecular complexity index is 318. The Morgan fingerprint density at radius 3 is 3.00 bits per heavy atom. The van der Waals surface area contributed by atoms with E-state index in [1.54, 1.807) is 0 Å². The van der Waals surface area contributed by atoms with Crippen molar-refractivity contribution >= 4 is 6.47 Å². The van der Waals surface area contributed by atoms with Gasteiger partial charge >= 0.3 is 0 Å². The molecule has 2 rings (SSSR count). The van der Waals surface area contributed by atoms with Crippen LogP contribution in [0.25, 0.3) is 0 Å². The molecule has 13 heavy (non-hydrogen) atoms. The van der Waals surface area contributed by atoms with Crippen molar-refractivity contribution in [3.8, 4) is 0 Å². The molecule has 0 fully saturated rings. The third kappa shape index (κ3) is 1.72. The van der Waals surface area contributed by atoms with Crippen LogP contribution in [-0.2, 0) is 29.0 Å². The maximum Gasteiger partial charge on any atom is 0.293 e. The molecule has 1 aliphatic rings. The van der Waals surface area contributed by atoms with Gasteiger partial charge in [0.1, 0.15) is 6.61 Å². The van der Waals surface area contributed by atoms with Gasteiger partial charge in [0, 0.05) is 0 Å². The van der Waals surface area contributed by atoms with Crippen LogP contribution in [0.3, 0.4) is 0 Å². The van der Waals surface area contributed by atoms with Crippen LogP contribution in [0, 0.1) is 0 Å². The lowest BCUT2D eigenvalue weighted by atomic mass is 10.1. The summed E-state index contributed by atoms with van der Waals surface area (Å²) in [6.07, 6.45) is 3.63. The molecule has 68 valence electrons. The van der Waals surface area contributed by atoms with E-state index >= 15 is 0 Å². The van der Waals surface area contributed by atoms with Gasteiger partial charge in [-0.2, -0.15) is 0 Å². The third-order valence-corrected chi connectivity index (χ3v) is 2.48. The molecule has 0 saturated heterocycles. The average molecular weight is 176 g/mol. The molecule has 0 N–H and O–H groups in total. The Kier molecular flexibility index (Phi) is 2.30. The zero-order chi connectivity index (χ0) is 9.10. The zero-order valence-corrected chi connectivity index (χ0v) is 7.45. The minimum atomic E-state index is 0.400. The van der Waals surface area contributed by atoms with E-state index < -0.39 is 0 Å². The van der Waals surface area contributed by atoms with Gasteiger partial charge in [-0.25, -0.2) is 0 Å². The smallest absolute Gasteiger partial charge is 0.293 e. The minimum absolute atomic E-state index is 0.400. The van der Waals surface area contributed by atoms with Gasteiger partial charge in [-0.15, -0.1) is 0 Å². The summed E-state index contributed by atoms with van der Waals surface area (Å²) in [7, 11) is 0. The highest BCUT2D eigenvalue weighted by Crippen LogP contribution is 2.22. The van der Waals surface area contributed by atoms with Crippen LogP contribution in [0.1, 0.15) is 23.1 Å². The third-order valence-electron chi connectivity index (χ3n) is 2.48. The summed E-state index contributed by atoms with van der Waals surface area (Å²) in [6.45, 7) is 0.893. The number of fused-ring (bicyclic) bond motifs is 1. The van der Waals surface area contributed by atoms with E-state index in [1.165, 1.54) is 30.4 Å². The fourth-order valence-electron chi connectivity index (χ4n) is 1.85. The monoisotopic (exact) mass is 176 g/mol.